The molecule has 1 aliphatic heterocycles. The Morgan fingerprint density at radius 3 is 3.00 bits per heavy atom. The lowest BCUT2D eigenvalue weighted by Crippen LogP contribution is -2.47. The van der Waals surface area contributed by atoms with Crippen LogP contribution in [0.3, 0.4) is 0 Å². The van der Waals surface area contributed by atoms with Crippen molar-refractivity contribution in [3.8, 4) is 0 Å². The summed E-state index contributed by atoms with van der Waals surface area (Å²) >= 11 is 0. The maximum absolute atomic E-state index is 10.7. The molecule has 1 rings (SSSR count). The molecule has 1 atom stereocenters. The van der Waals surface area contributed by atoms with Gasteiger partial charge >= 0.3 is 0 Å². The molecule has 9 heavy (non-hydrogen) atoms. The average molecular weight is 128 g/mol. The first kappa shape index (κ1) is 6.55. The molecular weight excluding hydrogens is 116 g/mol. The summed E-state index contributed by atoms with van der Waals surface area (Å²) in [6, 6.07) is 0.402. The second-order valence-corrected chi connectivity index (χ2v) is 2.29. The van der Waals surface area contributed by atoms with Crippen LogP contribution in [0.1, 0.15) is 19.8 Å². The molecule has 1 aliphatic rings. The maximum Gasteiger partial charge on any atom is 0.222 e. The molecule has 3 heteroatoms. The van der Waals surface area contributed by atoms with Crippen molar-refractivity contribution in [1.29, 1.82) is 0 Å². The van der Waals surface area contributed by atoms with Crippen molar-refractivity contribution in [3.63, 3.8) is 0 Å². The van der Waals surface area contributed by atoms with Crippen molar-refractivity contribution in [1.82, 2.24) is 10.6 Å². The Morgan fingerprint density at radius 2 is 2.56 bits per heavy atom. The minimum absolute atomic E-state index is 0.167. The molecule has 0 aliphatic carbocycles. The molecule has 1 amide bonds. The van der Waals surface area contributed by atoms with Crippen molar-refractivity contribution in [2.75, 3.05) is 6.67 Å². The van der Waals surface area contributed by atoms with Crippen LogP contribution < -0.4 is 10.6 Å². The van der Waals surface area contributed by atoms with Crippen LogP contribution in [0.25, 0.3) is 0 Å². The number of nitrogens with one attached hydrogen (secondary N) is 2. The number of amides is 1. The monoisotopic (exact) mass is 128 g/mol. The zero-order valence-corrected chi connectivity index (χ0v) is 5.61. The molecule has 52 valence electrons. The summed E-state index contributed by atoms with van der Waals surface area (Å²) in [6.07, 6.45) is 1.67. The number of hydrogen-bond acceptors (Lipinski definition) is 2. The van der Waals surface area contributed by atoms with Gasteiger partial charge in [-0.15, -0.1) is 0 Å². The second kappa shape index (κ2) is 2.82. The summed E-state index contributed by atoms with van der Waals surface area (Å²) in [7, 11) is 0. The van der Waals surface area contributed by atoms with E-state index >= 15 is 0 Å². The van der Waals surface area contributed by atoms with E-state index in [1.807, 2.05) is 0 Å². The molecule has 0 saturated carbocycles. The lowest BCUT2D eigenvalue weighted by Gasteiger charge is -2.21. The lowest BCUT2D eigenvalue weighted by atomic mass is 10.1. The zero-order valence-electron chi connectivity index (χ0n) is 5.61. The fraction of sp³-hybridized carbons (Fsp3) is 0.833. The van der Waals surface area contributed by atoms with E-state index < -0.39 is 0 Å². The number of rotatable bonds is 1. The van der Waals surface area contributed by atoms with Crippen LogP contribution in [-0.2, 0) is 4.79 Å². The molecule has 1 unspecified atom stereocenters. The van der Waals surface area contributed by atoms with Gasteiger partial charge in [0.25, 0.3) is 0 Å². The van der Waals surface area contributed by atoms with Crippen LogP contribution in [0, 0.1) is 0 Å². The highest BCUT2D eigenvalue weighted by Gasteiger charge is 2.15. The van der Waals surface area contributed by atoms with Crippen molar-refractivity contribution >= 4 is 5.91 Å². The number of carbonyl (C=O) groups is 1. The summed E-state index contributed by atoms with van der Waals surface area (Å²) in [4.78, 5) is 10.7. The molecule has 1 heterocycles. The van der Waals surface area contributed by atoms with Gasteiger partial charge in [-0.25, -0.2) is 0 Å². The van der Waals surface area contributed by atoms with Crippen molar-refractivity contribution < 1.29 is 4.79 Å². The predicted molar refractivity (Wildman–Crippen MR) is 34.8 cm³/mol. The van der Waals surface area contributed by atoms with Gasteiger partial charge in [0.05, 0.1) is 6.67 Å². The normalized spacial score (nSPS) is 27.7. The highest BCUT2D eigenvalue weighted by atomic mass is 16.1. The van der Waals surface area contributed by atoms with Crippen LogP contribution in [-0.4, -0.2) is 18.6 Å². The van der Waals surface area contributed by atoms with Gasteiger partial charge in [0, 0.05) is 12.5 Å². The second-order valence-electron chi connectivity index (χ2n) is 2.29. The Kier molecular flexibility index (Phi) is 2.05. The average Bonchev–Trinajstić information content (AvgIpc) is 1.88. The van der Waals surface area contributed by atoms with Gasteiger partial charge in [0.2, 0.25) is 5.91 Å². The molecular formula is C6H12N2O. The molecule has 3 nitrogen and oxygen atoms in total. The third kappa shape index (κ3) is 1.68. The molecule has 0 aromatic rings. The van der Waals surface area contributed by atoms with E-state index in [4.69, 9.17) is 0 Å². The summed E-state index contributed by atoms with van der Waals surface area (Å²) in [5.41, 5.74) is 0. The molecule has 0 bridgehead atoms. The molecule has 0 aromatic carbocycles. The SMILES string of the molecule is CCC1CC(=O)NCN1. The maximum atomic E-state index is 10.7. The van der Waals surface area contributed by atoms with Gasteiger partial charge in [0.15, 0.2) is 0 Å². The highest BCUT2D eigenvalue weighted by molar-refractivity contribution is 5.77. The first-order chi connectivity index (χ1) is 4.33. The van der Waals surface area contributed by atoms with Crippen molar-refractivity contribution in [2.45, 2.75) is 25.8 Å². The Hall–Kier alpha value is -0.570. The Labute approximate surface area is 54.8 Å². The van der Waals surface area contributed by atoms with Gasteiger partial charge < -0.3 is 5.32 Å². The molecule has 0 aromatic heterocycles. The minimum atomic E-state index is 0.167. The fourth-order valence-electron chi connectivity index (χ4n) is 0.951. The quantitative estimate of drug-likeness (QED) is 0.515. The van der Waals surface area contributed by atoms with Crippen molar-refractivity contribution in [2.24, 2.45) is 0 Å². The van der Waals surface area contributed by atoms with Crippen molar-refractivity contribution in [3.05, 3.63) is 0 Å². The van der Waals surface area contributed by atoms with E-state index in [0.717, 1.165) is 6.42 Å². The standard InChI is InChI=1S/C6H12N2O/c1-2-5-3-6(9)8-4-7-5/h5,7H,2-4H2,1H3,(H,8,9). The van der Waals surface area contributed by atoms with Crippen LogP contribution in [0.2, 0.25) is 0 Å². The molecule has 0 spiro atoms. The van der Waals surface area contributed by atoms with Crippen LogP contribution in [0.5, 0.6) is 0 Å². The Morgan fingerprint density at radius 1 is 1.78 bits per heavy atom. The number of hydrogen-bond donors (Lipinski definition) is 2. The summed E-state index contributed by atoms with van der Waals surface area (Å²) < 4.78 is 0. The molecule has 0 radical (unpaired) electrons. The van der Waals surface area contributed by atoms with Gasteiger partial charge in [-0.3, -0.25) is 10.1 Å². The van der Waals surface area contributed by atoms with Crippen LogP contribution >= 0.6 is 0 Å². The molecule has 2 N–H and O–H groups in total. The summed E-state index contributed by atoms with van der Waals surface area (Å²) in [6.45, 7) is 2.72. The van der Waals surface area contributed by atoms with E-state index in [1.54, 1.807) is 0 Å². The topological polar surface area (TPSA) is 41.1 Å². The third-order valence-electron chi connectivity index (χ3n) is 1.60. The van der Waals surface area contributed by atoms with E-state index in [0.29, 0.717) is 19.1 Å². The smallest absolute Gasteiger partial charge is 0.222 e. The highest BCUT2D eigenvalue weighted by Crippen LogP contribution is 1.99. The molecule has 1 saturated heterocycles. The predicted octanol–water partition coefficient (Wildman–Crippen LogP) is -0.168. The third-order valence-corrected chi connectivity index (χ3v) is 1.60. The Balaban J connectivity index is 2.32. The van der Waals surface area contributed by atoms with Crippen LogP contribution in [0.4, 0.5) is 0 Å². The van der Waals surface area contributed by atoms with E-state index in [1.165, 1.54) is 0 Å². The Bertz CT molecular complexity index is 114. The van der Waals surface area contributed by atoms with E-state index in [2.05, 4.69) is 17.6 Å². The summed E-state index contributed by atoms with van der Waals surface area (Å²) in [5.74, 6) is 0.167. The zero-order chi connectivity index (χ0) is 6.69. The minimum Gasteiger partial charge on any atom is -0.343 e. The van der Waals surface area contributed by atoms with Gasteiger partial charge in [0.1, 0.15) is 0 Å². The number of carbonyl (C=O) groups excluding carboxylic acids is 1. The van der Waals surface area contributed by atoms with Gasteiger partial charge in [-0.05, 0) is 6.42 Å². The molecule has 1 fully saturated rings. The van der Waals surface area contributed by atoms with E-state index in [9.17, 15) is 4.79 Å². The largest absolute Gasteiger partial charge is 0.343 e. The summed E-state index contributed by atoms with van der Waals surface area (Å²) in [5, 5.41) is 5.86. The first-order valence-electron chi connectivity index (χ1n) is 3.33. The van der Waals surface area contributed by atoms with E-state index in [-0.39, 0.29) is 5.91 Å². The van der Waals surface area contributed by atoms with Crippen LogP contribution in [0.15, 0.2) is 0 Å². The fourth-order valence-corrected chi connectivity index (χ4v) is 0.951. The van der Waals surface area contributed by atoms with Gasteiger partial charge in [-0.2, -0.15) is 0 Å². The first-order valence-corrected chi connectivity index (χ1v) is 3.33. The lowest BCUT2D eigenvalue weighted by molar-refractivity contribution is -0.123. The van der Waals surface area contributed by atoms with Gasteiger partial charge in [-0.1, -0.05) is 6.92 Å².